The number of hydrogen-bond acceptors (Lipinski definition) is 0. The molecule has 2 rings (SSSR count). The van der Waals surface area contributed by atoms with Crippen molar-refractivity contribution >= 4 is 0 Å². The summed E-state index contributed by atoms with van der Waals surface area (Å²) in [6.07, 6.45) is 4.67. The highest BCUT2D eigenvalue weighted by Crippen LogP contribution is 2.12. The summed E-state index contributed by atoms with van der Waals surface area (Å²) in [4.78, 5) is 0. The lowest BCUT2D eigenvalue weighted by molar-refractivity contribution is 0.920. The van der Waals surface area contributed by atoms with Gasteiger partial charge in [-0.3, -0.25) is 0 Å². The first kappa shape index (κ1) is 15.4. The van der Waals surface area contributed by atoms with Gasteiger partial charge >= 0.3 is 0 Å². The minimum Gasteiger partial charge on any atom is -0.0651 e. The van der Waals surface area contributed by atoms with E-state index < -0.39 is 0 Å². The topological polar surface area (TPSA) is 0 Å². The first-order valence-electron chi connectivity index (χ1n) is 7.93. The average Bonchev–Trinajstić information content (AvgIpc) is 2.49. The maximum atomic E-state index is 3.30. The normalized spacial score (nSPS) is 10.0. The van der Waals surface area contributed by atoms with Crippen molar-refractivity contribution in [1.82, 2.24) is 0 Å². The Morgan fingerprint density at radius 3 is 2.00 bits per heavy atom. The van der Waals surface area contributed by atoms with E-state index in [1.165, 1.54) is 29.5 Å². The van der Waals surface area contributed by atoms with E-state index in [4.69, 9.17) is 0 Å². The zero-order valence-corrected chi connectivity index (χ0v) is 13.4. The van der Waals surface area contributed by atoms with Gasteiger partial charge < -0.3 is 0 Å². The van der Waals surface area contributed by atoms with Crippen molar-refractivity contribution < 1.29 is 0 Å². The van der Waals surface area contributed by atoms with Crippen LogP contribution in [0.4, 0.5) is 0 Å². The molecule has 0 atom stereocenters. The minimum atomic E-state index is 1.09. The van der Waals surface area contributed by atoms with Gasteiger partial charge in [0.1, 0.15) is 0 Å². The lowest BCUT2D eigenvalue weighted by Gasteiger charge is -2.03. The highest BCUT2D eigenvalue weighted by Gasteiger charge is 1.97. The first-order valence-corrected chi connectivity index (χ1v) is 7.93. The fourth-order valence-electron chi connectivity index (χ4n) is 2.49. The Hall–Kier alpha value is -2.00. The van der Waals surface area contributed by atoms with Crippen LogP contribution in [0.3, 0.4) is 0 Å². The Morgan fingerprint density at radius 1 is 0.762 bits per heavy atom. The monoisotopic (exact) mass is 276 g/mol. The molecule has 0 aliphatic rings. The fraction of sp³-hybridized carbons (Fsp3) is 0.333. The molecule has 0 heteroatoms. The van der Waals surface area contributed by atoms with E-state index in [1.807, 2.05) is 0 Å². The van der Waals surface area contributed by atoms with Crippen LogP contribution >= 0.6 is 0 Å². The molecule has 0 saturated heterocycles. The van der Waals surface area contributed by atoms with Gasteiger partial charge in [0.2, 0.25) is 0 Å². The first-order chi connectivity index (χ1) is 10.2. The van der Waals surface area contributed by atoms with Crippen LogP contribution < -0.4 is 0 Å². The molecule has 0 radical (unpaired) electrons. The molecule has 2 aromatic carbocycles. The lowest BCUT2D eigenvalue weighted by Crippen LogP contribution is -1.88. The third-order valence-corrected chi connectivity index (χ3v) is 3.66. The molecule has 0 unspecified atom stereocenters. The van der Waals surface area contributed by atoms with Crippen molar-refractivity contribution in [3.8, 4) is 11.8 Å². The summed E-state index contributed by atoms with van der Waals surface area (Å²) in [6, 6.07) is 15.2. The van der Waals surface area contributed by atoms with Crippen LogP contribution in [0.15, 0.2) is 42.5 Å². The van der Waals surface area contributed by atoms with Gasteiger partial charge in [-0.1, -0.05) is 62.8 Å². The maximum absolute atomic E-state index is 3.30. The van der Waals surface area contributed by atoms with Crippen LogP contribution in [0.25, 0.3) is 0 Å². The van der Waals surface area contributed by atoms with E-state index >= 15 is 0 Å². The summed E-state index contributed by atoms with van der Waals surface area (Å²) < 4.78 is 0. The molecule has 21 heavy (non-hydrogen) atoms. The van der Waals surface area contributed by atoms with Gasteiger partial charge in [0, 0.05) is 11.1 Å². The third kappa shape index (κ3) is 4.50. The second-order valence-corrected chi connectivity index (χ2v) is 5.60. The van der Waals surface area contributed by atoms with Gasteiger partial charge in [-0.2, -0.15) is 0 Å². The molecular weight excluding hydrogens is 252 g/mol. The standard InChI is InChI=1S/C21H24/c1-4-6-18-8-10-19(11-9-18)12-14-21-15-13-20(7-5-2)16-17(21)3/h8-11,13,15-16H,4-7H2,1-3H3. The second kappa shape index (κ2) is 7.70. The van der Waals surface area contributed by atoms with Crippen LogP contribution in [0.1, 0.15) is 54.5 Å². The van der Waals surface area contributed by atoms with Crippen LogP contribution in [-0.2, 0) is 12.8 Å². The molecule has 0 heterocycles. The molecule has 108 valence electrons. The van der Waals surface area contributed by atoms with Crippen LogP contribution in [0, 0.1) is 18.8 Å². The predicted molar refractivity (Wildman–Crippen MR) is 91.6 cm³/mol. The summed E-state index contributed by atoms with van der Waals surface area (Å²) in [5, 5.41) is 0. The Kier molecular flexibility index (Phi) is 5.64. The van der Waals surface area contributed by atoms with E-state index in [2.05, 4.69) is 75.1 Å². The predicted octanol–water partition coefficient (Wildman–Crippen LogP) is 5.30. The summed E-state index contributed by atoms with van der Waals surface area (Å²) in [5.74, 6) is 6.57. The molecular formula is C21H24. The molecule has 0 aliphatic heterocycles. The number of rotatable bonds is 4. The molecule has 2 aromatic rings. The van der Waals surface area contributed by atoms with Gasteiger partial charge in [-0.25, -0.2) is 0 Å². The van der Waals surface area contributed by atoms with Crippen molar-refractivity contribution in [1.29, 1.82) is 0 Å². The Balaban J connectivity index is 2.14. The largest absolute Gasteiger partial charge is 0.0651 e. The fourth-order valence-corrected chi connectivity index (χ4v) is 2.49. The smallest absolute Gasteiger partial charge is 0.0278 e. The minimum absolute atomic E-state index is 1.09. The molecule has 0 spiro atoms. The molecule has 0 aromatic heterocycles. The summed E-state index contributed by atoms with van der Waals surface area (Å²) in [5.41, 5.74) is 6.29. The van der Waals surface area contributed by atoms with Crippen molar-refractivity contribution in [2.24, 2.45) is 0 Å². The molecule has 0 amide bonds. The summed E-state index contributed by atoms with van der Waals surface area (Å²) in [6.45, 7) is 6.57. The summed E-state index contributed by atoms with van der Waals surface area (Å²) >= 11 is 0. The van der Waals surface area contributed by atoms with Crippen molar-refractivity contribution in [3.05, 3.63) is 70.3 Å². The third-order valence-electron chi connectivity index (χ3n) is 3.66. The van der Waals surface area contributed by atoms with Gasteiger partial charge in [-0.05, 0) is 54.7 Å². The van der Waals surface area contributed by atoms with Gasteiger partial charge in [-0.15, -0.1) is 0 Å². The van der Waals surface area contributed by atoms with E-state index in [1.54, 1.807) is 0 Å². The Morgan fingerprint density at radius 2 is 1.38 bits per heavy atom. The zero-order valence-electron chi connectivity index (χ0n) is 13.4. The van der Waals surface area contributed by atoms with Gasteiger partial charge in [0.05, 0.1) is 0 Å². The SMILES string of the molecule is CCCc1ccc(C#Cc2ccc(CCC)cc2C)cc1. The van der Waals surface area contributed by atoms with E-state index in [0.29, 0.717) is 0 Å². The van der Waals surface area contributed by atoms with Gasteiger partial charge in [0.15, 0.2) is 0 Å². The van der Waals surface area contributed by atoms with Crippen molar-refractivity contribution in [2.75, 3.05) is 0 Å². The van der Waals surface area contributed by atoms with Crippen LogP contribution in [0.5, 0.6) is 0 Å². The van der Waals surface area contributed by atoms with Crippen molar-refractivity contribution in [2.45, 2.75) is 46.5 Å². The lowest BCUT2D eigenvalue weighted by atomic mass is 10.0. The molecule has 0 nitrogen and oxygen atoms in total. The Labute approximate surface area is 129 Å². The van der Waals surface area contributed by atoms with Crippen LogP contribution in [0.2, 0.25) is 0 Å². The quantitative estimate of drug-likeness (QED) is 0.665. The number of aryl methyl sites for hydroxylation is 3. The van der Waals surface area contributed by atoms with Gasteiger partial charge in [0.25, 0.3) is 0 Å². The van der Waals surface area contributed by atoms with E-state index in [-0.39, 0.29) is 0 Å². The molecule has 0 aliphatic carbocycles. The molecule has 0 N–H and O–H groups in total. The highest BCUT2D eigenvalue weighted by atomic mass is 14.0. The molecule has 0 bridgehead atoms. The zero-order chi connectivity index (χ0) is 15.1. The van der Waals surface area contributed by atoms with E-state index in [9.17, 15) is 0 Å². The summed E-state index contributed by atoms with van der Waals surface area (Å²) in [7, 11) is 0. The molecule has 0 saturated carbocycles. The maximum Gasteiger partial charge on any atom is 0.0278 e. The average molecular weight is 276 g/mol. The Bertz CT molecular complexity index is 636. The highest BCUT2D eigenvalue weighted by molar-refractivity contribution is 5.47. The number of hydrogen-bond donors (Lipinski definition) is 0. The molecule has 0 fully saturated rings. The second-order valence-electron chi connectivity index (χ2n) is 5.60. The number of benzene rings is 2. The van der Waals surface area contributed by atoms with Crippen molar-refractivity contribution in [3.63, 3.8) is 0 Å². The van der Waals surface area contributed by atoms with E-state index in [0.717, 1.165) is 24.0 Å². The van der Waals surface area contributed by atoms with Crippen LogP contribution in [-0.4, -0.2) is 0 Å².